The fourth-order valence-electron chi connectivity index (χ4n) is 1.83. The molecule has 0 spiro atoms. The zero-order valence-corrected chi connectivity index (χ0v) is 11.4. The number of esters is 1. The number of hydrogen-bond acceptors (Lipinski definition) is 3. The Morgan fingerprint density at radius 1 is 1.39 bits per heavy atom. The second-order valence-corrected chi connectivity index (χ2v) is 4.56. The van der Waals surface area contributed by atoms with Crippen molar-refractivity contribution in [2.45, 2.75) is 46.1 Å². The quantitative estimate of drug-likeness (QED) is 0.789. The van der Waals surface area contributed by atoms with Crippen molar-refractivity contribution in [2.75, 3.05) is 6.61 Å². The van der Waals surface area contributed by atoms with Gasteiger partial charge in [-0.15, -0.1) is 0 Å². The van der Waals surface area contributed by atoms with Gasteiger partial charge in [-0.1, -0.05) is 25.1 Å². The molecule has 1 aromatic carbocycles. The van der Waals surface area contributed by atoms with E-state index in [1.54, 1.807) is 0 Å². The van der Waals surface area contributed by atoms with Crippen LogP contribution in [0.1, 0.15) is 49.0 Å². The summed E-state index contributed by atoms with van der Waals surface area (Å²) < 4.78 is 4.98. The van der Waals surface area contributed by atoms with E-state index in [0.717, 1.165) is 23.1 Å². The summed E-state index contributed by atoms with van der Waals surface area (Å²) in [5.74, 6) is -0.235. The predicted octanol–water partition coefficient (Wildman–Crippen LogP) is 3.07. The molecule has 3 heteroatoms. The number of benzene rings is 1. The lowest BCUT2D eigenvalue weighted by molar-refractivity contribution is -0.144. The Morgan fingerprint density at radius 3 is 2.78 bits per heavy atom. The smallest absolute Gasteiger partial charge is 0.305 e. The highest BCUT2D eigenvalue weighted by Gasteiger charge is 2.13. The molecule has 0 aliphatic carbocycles. The van der Waals surface area contributed by atoms with Gasteiger partial charge in [0.2, 0.25) is 0 Å². The van der Waals surface area contributed by atoms with E-state index in [1.807, 2.05) is 39.0 Å². The van der Waals surface area contributed by atoms with E-state index in [2.05, 4.69) is 0 Å². The molecule has 0 aliphatic rings. The van der Waals surface area contributed by atoms with E-state index in [0.29, 0.717) is 13.0 Å². The molecule has 1 atom stereocenters. The van der Waals surface area contributed by atoms with Crippen LogP contribution < -0.4 is 0 Å². The molecule has 0 saturated heterocycles. The molecular formula is C15H22O3. The van der Waals surface area contributed by atoms with Gasteiger partial charge in [0.05, 0.1) is 12.7 Å². The predicted molar refractivity (Wildman–Crippen MR) is 71.4 cm³/mol. The number of ether oxygens (including phenoxy) is 1. The lowest BCUT2D eigenvalue weighted by atomic mass is 9.97. The fourth-order valence-corrected chi connectivity index (χ4v) is 1.83. The molecule has 0 amide bonds. The summed E-state index contributed by atoms with van der Waals surface area (Å²) in [5, 5.41) is 10.1. The monoisotopic (exact) mass is 250 g/mol. The van der Waals surface area contributed by atoms with Crippen LogP contribution in [-0.4, -0.2) is 17.7 Å². The van der Waals surface area contributed by atoms with Crippen molar-refractivity contribution in [2.24, 2.45) is 0 Å². The summed E-state index contributed by atoms with van der Waals surface area (Å²) >= 11 is 0. The topological polar surface area (TPSA) is 46.5 Å². The summed E-state index contributed by atoms with van der Waals surface area (Å²) in [6, 6.07) is 5.85. The highest BCUT2D eigenvalue weighted by atomic mass is 16.5. The van der Waals surface area contributed by atoms with Crippen LogP contribution in [0.25, 0.3) is 0 Å². The number of aliphatic hydroxyl groups is 1. The SMILES string of the molecule is CCCOC(=O)CCC(O)c1cccc(C)c1C. The van der Waals surface area contributed by atoms with Crippen LogP contribution in [0.4, 0.5) is 0 Å². The lowest BCUT2D eigenvalue weighted by Crippen LogP contribution is -2.08. The first kappa shape index (κ1) is 14.7. The largest absolute Gasteiger partial charge is 0.466 e. The Bertz CT molecular complexity index is 399. The molecule has 1 rings (SSSR count). The minimum Gasteiger partial charge on any atom is -0.466 e. The molecule has 18 heavy (non-hydrogen) atoms. The molecule has 0 fully saturated rings. The van der Waals surface area contributed by atoms with Gasteiger partial charge in [-0.2, -0.15) is 0 Å². The van der Waals surface area contributed by atoms with Crippen LogP contribution in [0.15, 0.2) is 18.2 Å². The summed E-state index contributed by atoms with van der Waals surface area (Å²) in [6.45, 7) is 6.42. The molecule has 0 aromatic heterocycles. The minimum absolute atomic E-state index is 0.235. The van der Waals surface area contributed by atoms with Crippen molar-refractivity contribution >= 4 is 5.97 Å². The number of aryl methyl sites for hydroxylation is 1. The Hall–Kier alpha value is -1.35. The third-order valence-electron chi connectivity index (χ3n) is 3.09. The summed E-state index contributed by atoms with van der Waals surface area (Å²) in [5.41, 5.74) is 3.14. The number of carbonyl (C=O) groups excluding carboxylic acids is 1. The lowest BCUT2D eigenvalue weighted by Gasteiger charge is -2.14. The molecule has 0 aliphatic heterocycles. The molecule has 3 nitrogen and oxygen atoms in total. The van der Waals surface area contributed by atoms with Crippen LogP contribution in [0, 0.1) is 13.8 Å². The van der Waals surface area contributed by atoms with Gasteiger partial charge in [-0.25, -0.2) is 0 Å². The maximum atomic E-state index is 11.4. The van der Waals surface area contributed by atoms with Crippen LogP contribution >= 0.6 is 0 Å². The van der Waals surface area contributed by atoms with E-state index < -0.39 is 6.10 Å². The van der Waals surface area contributed by atoms with Crippen molar-refractivity contribution in [3.63, 3.8) is 0 Å². The second kappa shape index (κ2) is 7.17. The van der Waals surface area contributed by atoms with Gasteiger partial charge in [0, 0.05) is 6.42 Å². The molecular weight excluding hydrogens is 228 g/mol. The van der Waals surface area contributed by atoms with Gasteiger partial charge in [0.15, 0.2) is 0 Å². The molecule has 0 saturated carbocycles. The number of aliphatic hydroxyl groups excluding tert-OH is 1. The van der Waals surface area contributed by atoms with Crippen LogP contribution in [0.5, 0.6) is 0 Å². The highest BCUT2D eigenvalue weighted by molar-refractivity contribution is 5.69. The molecule has 0 bridgehead atoms. The third kappa shape index (κ3) is 4.15. The highest BCUT2D eigenvalue weighted by Crippen LogP contribution is 2.23. The molecule has 1 N–H and O–H groups in total. The van der Waals surface area contributed by atoms with Gasteiger partial charge in [-0.05, 0) is 43.4 Å². The van der Waals surface area contributed by atoms with Gasteiger partial charge in [0.1, 0.15) is 0 Å². The summed E-state index contributed by atoms with van der Waals surface area (Å²) in [4.78, 5) is 11.4. The fraction of sp³-hybridized carbons (Fsp3) is 0.533. The minimum atomic E-state index is -0.598. The molecule has 0 radical (unpaired) electrons. The standard InChI is InChI=1S/C15H22O3/c1-4-10-18-15(17)9-8-14(16)13-7-5-6-11(2)12(13)3/h5-7,14,16H,4,8-10H2,1-3H3. The van der Waals surface area contributed by atoms with Crippen LogP contribution in [0.2, 0.25) is 0 Å². The Kier molecular flexibility index (Phi) is 5.86. The van der Waals surface area contributed by atoms with Gasteiger partial charge < -0.3 is 9.84 Å². The van der Waals surface area contributed by atoms with Gasteiger partial charge >= 0.3 is 5.97 Å². The maximum Gasteiger partial charge on any atom is 0.305 e. The molecule has 1 unspecified atom stereocenters. The third-order valence-corrected chi connectivity index (χ3v) is 3.09. The first-order valence-corrected chi connectivity index (χ1v) is 6.46. The Balaban J connectivity index is 2.52. The van der Waals surface area contributed by atoms with E-state index in [9.17, 15) is 9.90 Å². The Labute approximate surface area is 109 Å². The van der Waals surface area contributed by atoms with Crippen molar-refractivity contribution in [1.29, 1.82) is 0 Å². The second-order valence-electron chi connectivity index (χ2n) is 4.56. The van der Waals surface area contributed by atoms with Gasteiger partial charge in [0.25, 0.3) is 0 Å². The van der Waals surface area contributed by atoms with E-state index in [1.165, 1.54) is 0 Å². The maximum absolute atomic E-state index is 11.4. The van der Waals surface area contributed by atoms with Crippen LogP contribution in [0.3, 0.4) is 0 Å². The number of hydrogen-bond donors (Lipinski definition) is 1. The first-order chi connectivity index (χ1) is 8.56. The molecule has 1 aromatic rings. The number of rotatable bonds is 6. The van der Waals surface area contributed by atoms with E-state index in [-0.39, 0.29) is 12.4 Å². The zero-order chi connectivity index (χ0) is 13.5. The van der Waals surface area contributed by atoms with Crippen molar-refractivity contribution < 1.29 is 14.6 Å². The zero-order valence-electron chi connectivity index (χ0n) is 11.4. The Morgan fingerprint density at radius 2 is 2.11 bits per heavy atom. The average Bonchev–Trinajstić information content (AvgIpc) is 2.36. The van der Waals surface area contributed by atoms with Crippen molar-refractivity contribution in [1.82, 2.24) is 0 Å². The molecule has 100 valence electrons. The summed E-state index contributed by atoms with van der Waals surface area (Å²) in [6.07, 6.45) is 0.895. The van der Waals surface area contributed by atoms with Crippen molar-refractivity contribution in [3.05, 3.63) is 34.9 Å². The summed E-state index contributed by atoms with van der Waals surface area (Å²) in [7, 11) is 0. The first-order valence-electron chi connectivity index (χ1n) is 6.46. The van der Waals surface area contributed by atoms with E-state index in [4.69, 9.17) is 4.74 Å². The van der Waals surface area contributed by atoms with Crippen LogP contribution in [-0.2, 0) is 9.53 Å². The van der Waals surface area contributed by atoms with Gasteiger partial charge in [-0.3, -0.25) is 4.79 Å². The normalized spacial score (nSPS) is 12.2. The average molecular weight is 250 g/mol. The van der Waals surface area contributed by atoms with Crippen molar-refractivity contribution in [3.8, 4) is 0 Å². The van der Waals surface area contributed by atoms with E-state index >= 15 is 0 Å². The molecule has 0 heterocycles. The number of carbonyl (C=O) groups is 1.